The summed E-state index contributed by atoms with van der Waals surface area (Å²) in [5, 5.41) is 12.5. The van der Waals surface area contributed by atoms with Gasteiger partial charge in [-0.3, -0.25) is 0 Å². The molecule has 0 amide bonds. The number of nitrogens with zero attached hydrogens (tertiary/aromatic N) is 2. The predicted octanol–water partition coefficient (Wildman–Crippen LogP) is 2.31. The molecule has 0 unspecified atom stereocenters. The molecule has 0 N–H and O–H groups in total. The average molecular weight is 226 g/mol. The SMILES string of the molecule is Cc1ccn([O-])c2c[n+](=O)c3ccccc3c1-2. The highest BCUT2D eigenvalue weighted by Crippen LogP contribution is 2.30. The summed E-state index contributed by atoms with van der Waals surface area (Å²) >= 11 is 0. The fourth-order valence-corrected chi connectivity index (χ4v) is 2.19. The molecule has 3 rings (SSSR count). The van der Waals surface area contributed by atoms with Crippen LogP contribution in [0.25, 0.3) is 22.2 Å². The van der Waals surface area contributed by atoms with Gasteiger partial charge in [0.1, 0.15) is 5.69 Å². The first-order valence-corrected chi connectivity index (χ1v) is 5.32. The molecule has 0 radical (unpaired) electrons. The summed E-state index contributed by atoms with van der Waals surface area (Å²) in [4.78, 5) is 11.8. The van der Waals surface area contributed by atoms with Crippen molar-refractivity contribution in [2.75, 3.05) is 0 Å². The second kappa shape index (κ2) is 3.31. The molecular formula is C13H10N2O2. The summed E-state index contributed by atoms with van der Waals surface area (Å²) in [5.41, 5.74) is 2.81. The second-order valence-electron chi connectivity index (χ2n) is 4.06. The minimum atomic E-state index is 0.402. The van der Waals surface area contributed by atoms with Crippen LogP contribution >= 0.6 is 0 Å². The Labute approximate surface area is 97.3 Å². The Hall–Kier alpha value is -2.36. The molecule has 1 aromatic carbocycles. The first kappa shape index (κ1) is 9.84. The van der Waals surface area contributed by atoms with Crippen LogP contribution in [0.3, 0.4) is 0 Å². The van der Waals surface area contributed by atoms with Crippen molar-refractivity contribution in [1.82, 2.24) is 4.73 Å². The molecule has 2 aliphatic heterocycles. The molecule has 0 atom stereocenters. The fourth-order valence-electron chi connectivity index (χ4n) is 2.19. The van der Waals surface area contributed by atoms with Crippen molar-refractivity contribution >= 4 is 10.9 Å². The van der Waals surface area contributed by atoms with Gasteiger partial charge >= 0.3 is 0 Å². The zero-order valence-corrected chi connectivity index (χ0v) is 9.25. The zero-order chi connectivity index (χ0) is 12.0. The third-order valence-corrected chi connectivity index (χ3v) is 3.00. The van der Waals surface area contributed by atoms with E-state index in [-0.39, 0.29) is 0 Å². The molecular weight excluding hydrogens is 216 g/mol. The summed E-state index contributed by atoms with van der Waals surface area (Å²) in [5.74, 6) is 0. The van der Waals surface area contributed by atoms with Gasteiger partial charge in [0.25, 0.3) is 11.7 Å². The Kier molecular flexibility index (Phi) is 1.92. The molecule has 2 aliphatic rings. The number of aromatic nitrogens is 2. The second-order valence-corrected chi connectivity index (χ2v) is 4.06. The number of hydrogen-bond acceptors (Lipinski definition) is 2. The highest BCUT2D eigenvalue weighted by Gasteiger charge is 2.18. The standard InChI is InChI=1S/C13H10N2O2/c1-9-6-7-14(16)12-8-15(17)11-5-3-2-4-10(11)13(9)12/h2-8H,1H3. The van der Waals surface area contributed by atoms with Crippen molar-refractivity contribution in [3.63, 3.8) is 0 Å². The van der Waals surface area contributed by atoms with Gasteiger partial charge in [-0.1, -0.05) is 12.1 Å². The lowest BCUT2D eigenvalue weighted by Crippen LogP contribution is -2.17. The Morgan fingerprint density at radius 3 is 2.82 bits per heavy atom. The maximum absolute atomic E-state index is 11.8. The topological polar surface area (TPSA) is 51.0 Å². The van der Waals surface area contributed by atoms with Crippen LogP contribution in [0, 0.1) is 17.0 Å². The van der Waals surface area contributed by atoms with E-state index in [1.165, 1.54) is 12.4 Å². The van der Waals surface area contributed by atoms with Crippen molar-refractivity contribution in [1.29, 1.82) is 0 Å². The minimum Gasteiger partial charge on any atom is -0.805 e. The maximum atomic E-state index is 11.8. The normalized spacial score (nSPS) is 11.1. The molecule has 0 aliphatic carbocycles. The highest BCUT2D eigenvalue weighted by molar-refractivity contribution is 5.93. The van der Waals surface area contributed by atoms with Gasteiger partial charge in [0.05, 0.1) is 9.81 Å². The molecule has 17 heavy (non-hydrogen) atoms. The van der Waals surface area contributed by atoms with E-state index in [9.17, 15) is 10.1 Å². The first-order chi connectivity index (χ1) is 8.18. The van der Waals surface area contributed by atoms with E-state index in [4.69, 9.17) is 0 Å². The highest BCUT2D eigenvalue weighted by atomic mass is 16.5. The third kappa shape index (κ3) is 1.30. The molecule has 2 heterocycles. The van der Waals surface area contributed by atoms with E-state index < -0.39 is 0 Å². The van der Waals surface area contributed by atoms with Crippen molar-refractivity contribution < 1.29 is 4.43 Å². The summed E-state index contributed by atoms with van der Waals surface area (Å²) in [6.07, 6.45) is 2.75. The van der Waals surface area contributed by atoms with Crippen molar-refractivity contribution in [3.8, 4) is 11.3 Å². The molecule has 0 fully saturated rings. The molecule has 0 saturated heterocycles. The molecule has 4 nitrogen and oxygen atoms in total. The van der Waals surface area contributed by atoms with Crippen LogP contribution in [0.4, 0.5) is 0 Å². The minimum absolute atomic E-state index is 0.402. The molecule has 0 bridgehead atoms. The van der Waals surface area contributed by atoms with Gasteiger partial charge in [0, 0.05) is 16.5 Å². The van der Waals surface area contributed by atoms with E-state index in [2.05, 4.69) is 0 Å². The lowest BCUT2D eigenvalue weighted by Gasteiger charge is -2.19. The summed E-state index contributed by atoms with van der Waals surface area (Å²) in [6.45, 7) is 1.93. The number of rotatable bonds is 0. The van der Waals surface area contributed by atoms with Gasteiger partial charge < -0.3 is 9.94 Å². The van der Waals surface area contributed by atoms with E-state index in [1.54, 1.807) is 12.1 Å². The Morgan fingerprint density at radius 1 is 1.24 bits per heavy atom. The average Bonchev–Trinajstić information content (AvgIpc) is 2.34. The van der Waals surface area contributed by atoms with Crippen LogP contribution in [-0.4, -0.2) is 4.73 Å². The molecule has 4 heteroatoms. The quantitative estimate of drug-likeness (QED) is 0.436. The summed E-state index contributed by atoms with van der Waals surface area (Å²) in [7, 11) is 0. The van der Waals surface area contributed by atoms with E-state index in [0.717, 1.165) is 25.7 Å². The smallest absolute Gasteiger partial charge is 0.270 e. The van der Waals surface area contributed by atoms with Crippen molar-refractivity contribution in [2.24, 2.45) is 0 Å². The van der Waals surface area contributed by atoms with E-state index in [0.29, 0.717) is 11.2 Å². The predicted molar refractivity (Wildman–Crippen MR) is 65.4 cm³/mol. The van der Waals surface area contributed by atoms with Gasteiger partial charge in [-0.25, -0.2) is 0 Å². The van der Waals surface area contributed by atoms with Gasteiger partial charge in [0.2, 0.25) is 0 Å². The molecule has 0 saturated carbocycles. The van der Waals surface area contributed by atoms with Crippen LogP contribution in [0.5, 0.6) is 0 Å². The van der Waals surface area contributed by atoms with Crippen LogP contribution in [0.2, 0.25) is 0 Å². The summed E-state index contributed by atoms with van der Waals surface area (Å²) in [6, 6.07) is 9.05. The number of aryl methyl sites for hydroxylation is 1. The Bertz CT molecular complexity index is 746. The number of para-hydroxylation sites is 1. The monoisotopic (exact) mass is 226 g/mol. The number of pyridine rings is 2. The molecule has 84 valence electrons. The zero-order valence-electron chi connectivity index (χ0n) is 9.25. The lowest BCUT2D eigenvalue weighted by molar-refractivity contribution is -0.463. The fraction of sp³-hybridized carbons (Fsp3) is 0.0769. The van der Waals surface area contributed by atoms with Crippen molar-refractivity contribution in [3.05, 3.63) is 58.4 Å². The summed E-state index contributed by atoms with van der Waals surface area (Å²) < 4.78 is 1.47. The van der Waals surface area contributed by atoms with E-state index >= 15 is 0 Å². The molecule has 0 aromatic heterocycles. The first-order valence-electron chi connectivity index (χ1n) is 5.32. The maximum Gasteiger partial charge on any atom is 0.270 e. The van der Waals surface area contributed by atoms with Crippen LogP contribution < -0.4 is 4.43 Å². The molecule has 0 spiro atoms. The van der Waals surface area contributed by atoms with Crippen LogP contribution in [0.15, 0.2) is 42.7 Å². The van der Waals surface area contributed by atoms with Crippen LogP contribution in [0.1, 0.15) is 5.56 Å². The lowest BCUT2D eigenvalue weighted by atomic mass is 10.0. The number of fused-ring (bicyclic) bond motifs is 3. The van der Waals surface area contributed by atoms with Crippen molar-refractivity contribution in [2.45, 2.75) is 6.92 Å². The van der Waals surface area contributed by atoms with Gasteiger partial charge in [-0.05, 0) is 30.8 Å². The number of hydrogen-bond donors (Lipinski definition) is 0. The van der Waals surface area contributed by atoms with Crippen LogP contribution in [-0.2, 0) is 0 Å². The largest absolute Gasteiger partial charge is 0.805 e. The van der Waals surface area contributed by atoms with E-state index in [1.807, 2.05) is 25.1 Å². The number of benzene rings is 1. The molecule has 1 aromatic rings. The van der Waals surface area contributed by atoms with Gasteiger partial charge in [-0.15, -0.1) is 0 Å². The van der Waals surface area contributed by atoms with Gasteiger partial charge in [-0.2, -0.15) is 0 Å². The Balaban J connectivity index is 2.67. The van der Waals surface area contributed by atoms with Gasteiger partial charge in [0.15, 0.2) is 0 Å². The Morgan fingerprint density at radius 2 is 2.00 bits per heavy atom. The third-order valence-electron chi connectivity index (χ3n) is 3.00.